The molecule has 0 bridgehead atoms. The summed E-state index contributed by atoms with van der Waals surface area (Å²) in [5.74, 6) is -3.18. The number of nitro groups is 1. The molecule has 0 heterocycles. The summed E-state index contributed by atoms with van der Waals surface area (Å²) in [6, 6.07) is 1.02. The molecule has 1 aromatic rings. The molecule has 0 aliphatic carbocycles. The first-order valence-electron chi connectivity index (χ1n) is 4.15. The number of hydrogen-bond donors (Lipinski definition) is 0. The fraction of sp³-hybridized carbons (Fsp3) is 0.111. The minimum absolute atomic E-state index is 0.329. The lowest BCUT2D eigenvalue weighted by atomic mass is 10.2. The predicted molar refractivity (Wildman–Crippen MR) is 49.0 cm³/mol. The van der Waals surface area contributed by atoms with Crippen LogP contribution in [0, 0.1) is 21.7 Å². The molecule has 0 spiro atoms. The van der Waals surface area contributed by atoms with Crippen molar-refractivity contribution in [1.82, 2.24) is 0 Å². The molecule has 92 valence electrons. The topological polar surface area (TPSA) is 52.4 Å². The van der Waals surface area contributed by atoms with Crippen LogP contribution in [-0.2, 0) is 0 Å². The number of rotatable bonds is 4. The lowest BCUT2D eigenvalue weighted by Gasteiger charge is -2.06. The third-order valence-electron chi connectivity index (χ3n) is 1.64. The molecule has 0 aromatic heterocycles. The Morgan fingerprint density at radius 1 is 1.29 bits per heavy atom. The van der Waals surface area contributed by atoms with E-state index in [0.29, 0.717) is 24.4 Å². The van der Waals surface area contributed by atoms with E-state index in [-0.39, 0.29) is 0 Å². The van der Waals surface area contributed by atoms with Crippen molar-refractivity contribution in [2.45, 2.75) is 6.61 Å². The van der Waals surface area contributed by atoms with Crippen molar-refractivity contribution in [1.29, 1.82) is 0 Å². The van der Waals surface area contributed by atoms with Gasteiger partial charge in [-0.1, -0.05) is 0 Å². The Morgan fingerprint density at radius 3 is 2.24 bits per heavy atom. The molecule has 1 aromatic carbocycles. The van der Waals surface area contributed by atoms with E-state index in [2.05, 4.69) is 4.74 Å². The number of benzene rings is 1. The first-order chi connectivity index (χ1) is 7.90. The quantitative estimate of drug-likeness (QED) is 0.469. The molecule has 0 amide bonds. The highest BCUT2D eigenvalue weighted by atomic mass is 19.3. The molecule has 0 fully saturated rings. The van der Waals surface area contributed by atoms with Crippen molar-refractivity contribution in [3.63, 3.8) is 0 Å². The van der Waals surface area contributed by atoms with Gasteiger partial charge in [0.15, 0.2) is 0 Å². The van der Waals surface area contributed by atoms with Gasteiger partial charge in [0.25, 0.3) is 0 Å². The smallest absolute Gasteiger partial charge is 0.387 e. The Kier molecular flexibility index (Phi) is 4.02. The molecular formula is C9H5F4NO3. The maximum Gasteiger partial charge on any atom is 0.387 e. The fourth-order valence-electron chi connectivity index (χ4n) is 1.03. The summed E-state index contributed by atoms with van der Waals surface area (Å²) in [5, 5.41) is 9.96. The fourth-order valence-corrected chi connectivity index (χ4v) is 1.03. The van der Waals surface area contributed by atoms with E-state index in [1.165, 1.54) is 0 Å². The van der Waals surface area contributed by atoms with Crippen LogP contribution in [0.2, 0.25) is 0 Å². The van der Waals surface area contributed by atoms with Gasteiger partial charge in [-0.2, -0.15) is 8.78 Å². The van der Waals surface area contributed by atoms with Gasteiger partial charge in [-0.15, -0.1) is 0 Å². The van der Waals surface area contributed by atoms with Crippen LogP contribution in [0.25, 0.3) is 6.08 Å². The molecule has 4 nitrogen and oxygen atoms in total. The van der Waals surface area contributed by atoms with E-state index in [0.717, 1.165) is 0 Å². The molecule has 0 saturated heterocycles. The molecule has 0 radical (unpaired) electrons. The lowest BCUT2D eigenvalue weighted by molar-refractivity contribution is -0.401. The Balaban J connectivity index is 3.06. The van der Waals surface area contributed by atoms with Crippen LogP contribution in [0.15, 0.2) is 18.3 Å². The highest BCUT2D eigenvalue weighted by Crippen LogP contribution is 2.23. The number of hydrogen-bond acceptors (Lipinski definition) is 3. The van der Waals surface area contributed by atoms with E-state index >= 15 is 0 Å². The van der Waals surface area contributed by atoms with E-state index in [9.17, 15) is 27.7 Å². The van der Waals surface area contributed by atoms with Crippen molar-refractivity contribution in [2.24, 2.45) is 0 Å². The Hall–Kier alpha value is -2.12. The van der Waals surface area contributed by atoms with Crippen LogP contribution >= 0.6 is 0 Å². The van der Waals surface area contributed by atoms with Gasteiger partial charge in [-0.25, -0.2) is 8.78 Å². The highest BCUT2D eigenvalue weighted by molar-refractivity contribution is 5.51. The van der Waals surface area contributed by atoms with Crippen LogP contribution in [0.5, 0.6) is 5.75 Å². The van der Waals surface area contributed by atoms with E-state index in [1.807, 2.05) is 0 Å². The number of ether oxygens (including phenoxy) is 1. The van der Waals surface area contributed by atoms with Gasteiger partial charge >= 0.3 is 6.61 Å². The average Bonchev–Trinajstić information content (AvgIpc) is 2.14. The number of halogens is 4. The zero-order valence-electron chi connectivity index (χ0n) is 8.07. The van der Waals surface area contributed by atoms with Crippen molar-refractivity contribution < 1.29 is 27.2 Å². The molecule has 0 aliphatic rings. The summed E-state index contributed by atoms with van der Waals surface area (Å²) in [6.07, 6.45) is 0.909. The summed E-state index contributed by atoms with van der Waals surface area (Å²) >= 11 is 0. The Labute approximate surface area is 92.3 Å². The molecule has 0 atom stereocenters. The van der Waals surface area contributed by atoms with Crippen molar-refractivity contribution in [3.05, 3.63) is 45.6 Å². The minimum atomic E-state index is -3.21. The van der Waals surface area contributed by atoms with Crippen LogP contribution in [0.1, 0.15) is 5.56 Å². The van der Waals surface area contributed by atoms with Gasteiger partial charge in [0.1, 0.15) is 17.4 Å². The summed E-state index contributed by atoms with van der Waals surface area (Å²) in [4.78, 5) is 9.04. The number of nitrogens with zero attached hydrogens (tertiary/aromatic N) is 1. The Bertz CT molecular complexity index is 439. The molecule has 1 rings (SSSR count). The predicted octanol–water partition coefficient (Wildman–Crippen LogP) is 2.81. The molecule has 8 heteroatoms. The first kappa shape index (κ1) is 12.9. The van der Waals surface area contributed by atoms with Gasteiger partial charge in [-0.3, -0.25) is 10.1 Å². The van der Waals surface area contributed by atoms with Crippen LogP contribution in [-0.4, -0.2) is 11.5 Å². The zero-order chi connectivity index (χ0) is 13.0. The van der Waals surface area contributed by atoms with Gasteiger partial charge < -0.3 is 4.74 Å². The van der Waals surface area contributed by atoms with Gasteiger partial charge in [0.2, 0.25) is 6.20 Å². The second kappa shape index (κ2) is 5.28. The maximum absolute atomic E-state index is 13.2. The standard InChI is InChI=1S/C9H5F4NO3/c10-7-3-5(17-9(12)13)4-8(11)6(7)1-2-14(15)16/h1-4,9H/b2-1+. The molecule has 0 N–H and O–H groups in total. The third kappa shape index (κ3) is 3.74. The second-order valence-electron chi connectivity index (χ2n) is 2.78. The monoisotopic (exact) mass is 251 g/mol. The second-order valence-corrected chi connectivity index (χ2v) is 2.78. The first-order valence-corrected chi connectivity index (χ1v) is 4.15. The maximum atomic E-state index is 13.2. The van der Waals surface area contributed by atoms with E-state index in [1.54, 1.807) is 0 Å². The molecule has 0 unspecified atom stereocenters. The van der Waals surface area contributed by atoms with Crippen molar-refractivity contribution in [2.75, 3.05) is 0 Å². The summed E-state index contributed by atoms with van der Waals surface area (Å²) < 4.78 is 53.7. The molecular weight excluding hydrogens is 246 g/mol. The van der Waals surface area contributed by atoms with E-state index < -0.39 is 34.5 Å². The molecule has 0 saturated carbocycles. The molecule has 17 heavy (non-hydrogen) atoms. The van der Waals surface area contributed by atoms with Gasteiger partial charge in [0, 0.05) is 18.2 Å². The van der Waals surface area contributed by atoms with Gasteiger partial charge in [0.05, 0.1) is 10.5 Å². The zero-order valence-corrected chi connectivity index (χ0v) is 8.07. The van der Waals surface area contributed by atoms with Crippen molar-refractivity contribution in [3.8, 4) is 5.75 Å². The number of alkyl halides is 2. The largest absolute Gasteiger partial charge is 0.435 e. The van der Waals surface area contributed by atoms with Crippen LogP contribution in [0.3, 0.4) is 0 Å². The normalized spacial score (nSPS) is 11.1. The van der Waals surface area contributed by atoms with Gasteiger partial charge in [-0.05, 0) is 0 Å². The van der Waals surface area contributed by atoms with Crippen molar-refractivity contribution >= 4 is 6.08 Å². The highest BCUT2D eigenvalue weighted by Gasteiger charge is 2.13. The summed E-state index contributed by atoms with van der Waals surface area (Å²) in [7, 11) is 0. The summed E-state index contributed by atoms with van der Waals surface area (Å²) in [6.45, 7) is -3.21. The minimum Gasteiger partial charge on any atom is -0.435 e. The molecule has 0 aliphatic heterocycles. The third-order valence-corrected chi connectivity index (χ3v) is 1.64. The SMILES string of the molecule is O=[N+]([O-])/C=C/c1c(F)cc(OC(F)F)cc1F. The van der Waals surface area contributed by atoms with Crippen LogP contribution in [0.4, 0.5) is 17.6 Å². The van der Waals surface area contributed by atoms with E-state index in [4.69, 9.17) is 0 Å². The average molecular weight is 251 g/mol. The lowest BCUT2D eigenvalue weighted by Crippen LogP contribution is -2.03. The van der Waals surface area contributed by atoms with Crippen LogP contribution < -0.4 is 4.74 Å². The summed E-state index contributed by atoms with van der Waals surface area (Å²) in [5.41, 5.74) is -0.705. The Morgan fingerprint density at radius 2 is 1.82 bits per heavy atom.